The monoisotopic (exact) mass is 547 g/mol. The summed E-state index contributed by atoms with van der Waals surface area (Å²) < 4.78 is 11.2. The maximum absolute atomic E-state index is 13.6. The normalized spacial score (nSPS) is 17.1. The molecule has 1 saturated heterocycles. The van der Waals surface area contributed by atoms with Crippen molar-refractivity contribution in [2.24, 2.45) is 11.8 Å². The van der Waals surface area contributed by atoms with Crippen molar-refractivity contribution in [3.05, 3.63) is 90.0 Å². The van der Waals surface area contributed by atoms with Crippen LogP contribution < -0.4 is 9.47 Å². The largest absolute Gasteiger partial charge is 0.478 e. The third kappa shape index (κ3) is 7.20. The van der Waals surface area contributed by atoms with Gasteiger partial charge in [0.05, 0.1) is 0 Å². The molecule has 0 aromatic heterocycles. The molecule has 1 heterocycles. The van der Waals surface area contributed by atoms with Gasteiger partial charge >= 0.3 is 12.1 Å². The van der Waals surface area contributed by atoms with Crippen LogP contribution >= 0.6 is 11.8 Å². The van der Waals surface area contributed by atoms with E-state index in [1.54, 1.807) is 53.1 Å². The Hall–Kier alpha value is -3.78. The molecule has 0 aliphatic carbocycles. The average molecular weight is 548 g/mol. The molecular formula is C31H33NO6S. The fourth-order valence-corrected chi connectivity index (χ4v) is 5.06. The molecule has 8 heteroatoms. The van der Waals surface area contributed by atoms with Crippen LogP contribution in [-0.2, 0) is 11.2 Å². The minimum atomic E-state index is -1.33. The second-order valence-electron chi connectivity index (χ2n) is 10.1. The van der Waals surface area contributed by atoms with Gasteiger partial charge in [0, 0.05) is 29.5 Å². The van der Waals surface area contributed by atoms with E-state index in [-0.39, 0.29) is 17.6 Å². The second kappa shape index (κ2) is 12.4. The number of likely N-dealkylation sites (tertiary alicyclic amines) is 1. The first-order valence-electron chi connectivity index (χ1n) is 12.9. The lowest BCUT2D eigenvalue weighted by molar-refractivity contribution is -0.152. The van der Waals surface area contributed by atoms with E-state index in [9.17, 15) is 19.5 Å². The third-order valence-corrected chi connectivity index (χ3v) is 7.72. The number of carbonyl (C=O) groups is 3. The van der Waals surface area contributed by atoms with E-state index in [1.807, 2.05) is 48.7 Å². The number of carboxylic acids is 1. The predicted molar refractivity (Wildman–Crippen MR) is 151 cm³/mol. The molecule has 1 fully saturated rings. The fourth-order valence-electron chi connectivity index (χ4n) is 4.65. The summed E-state index contributed by atoms with van der Waals surface area (Å²) in [6.07, 6.45) is 2.94. The molecule has 1 aliphatic rings. The molecule has 0 spiro atoms. The first kappa shape index (κ1) is 28.2. The molecule has 0 saturated carbocycles. The summed E-state index contributed by atoms with van der Waals surface area (Å²) in [6, 6.07) is 23.8. The summed E-state index contributed by atoms with van der Waals surface area (Å²) in [4.78, 5) is 40.6. The van der Waals surface area contributed by atoms with Gasteiger partial charge in [0.2, 0.25) is 0 Å². The van der Waals surface area contributed by atoms with Crippen molar-refractivity contribution in [3.63, 3.8) is 0 Å². The Morgan fingerprint density at radius 1 is 0.923 bits per heavy atom. The smallest absolute Gasteiger partial charge is 0.415 e. The Labute approximate surface area is 233 Å². The zero-order valence-corrected chi connectivity index (χ0v) is 23.1. The number of ether oxygens (including phenoxy) is 2. The molecule has 2 atom stereocenters. The molecule has 3 aromatic rings. The number of thioether (sulfide) groups is 1. The topological polar surface area (TPSA) is 93.1 Å². The standard InChI is InChI=1S/C31H33NO6S/c1-31(2,29(34)35)38-25-15-10-21(11-16-25)9-12-23-19-32(30(36)37-24-7-5-4-6-8-24)20-27(23)28(33)22-13-17-26(39-3)18-14-22/h4-8,10-11,13-18,23,27H,9,12,19-20H2,1-3H3,(H,34,35)/t23-,27-/m0/s1. The van der Waals surface area contributed by atoms with Crippen LogP contribution in [0.4, 0.5) is 4.79 Å². The first-order chi connectivity index (χ1) is 18.7. The Balaban J connectivity index is 1.46. The Morgan fingerprint density at radius 3 is 2.21 bits per heavy atom. The molecular weight excluding hydrogens is 514 g/mol. The fraction of sp³-hybridized carbons (Fsp3) is 0.323. The SMILES string of the molecule is CSc1ccc(C(=O)[C@H]2CN(C(=O)Oc3ccccc3)C[C@@H]2CCc2ccc(OC(C)(C)C(=O)O)cc2)cc1. The van der Waals surface area contributed by atoms with Crippen LogP contribution in [-0.4, -0.2) is 52.8 Å². The lowest BCUT2D eigenvalue weighted by atomic mass is 9.85. The van der Waals surface area contributed by atoms with E-state index in [0.717, 1.165) is 10.5 Å². The average Bonchev–Trinajstić information content (AvgIpc) is 3.37. The van der Waals surface area contributed by atoms with Gasteiger partial charge in [0.15, 0.2) is 11.4 Å². The zero-order valence-electron chi connectivity index (χ0n) is 22.3. The molecule has 0 unspecified atom stereocenters. The van der Waals surface area contributed by atoms with Gasteiger partial charge in [0.1, 0.15) is 11.5 Å². The Kier molecular flexibility index (Phi) is 8.97. The molecule has 39 heavy (non-hydrogen) atoms. The van der Waals surface area contributed by atoms with Crippen LogP contribution in [0.15, 0.2) is 83.8 Å². The summed E-state index contributed by atoms with van der Waals surface area (Å²) in [7, 11) is 0. The van der Waals surface area contributed by atoms with Gasteiger partial charge in [-0.25, -0.2) is 9.59 Å². The molecule has 204 valence electrons. The quantitative estimate of drug-likeness (QED) is 0.238. The van der Waals surface area contributed by atoms with Gasteiger partial charge in [-0.05, 0) is 80.8 Å². The van der Waals surface area contributed by atoms with Crippen molar-refractivity contribution in [2.45, 2.75) is 37.2 Å². The number of nitrogens with zero attached hydrogens (tertiary/aromatic N) is 1. The van der Waals surface area contributed by atoms with Gasteiger partial charge in [-0.2, -0.15) is 0 Å². The number of rotatable bonds is 10. The van der Waals surface area contributed by atoms with E-state index < -0.39 is 17.7 Å². The van der Waals surface area contributed by atoms with Crippen LogP contribution in [0.1, 0.15) is 36.2 Å². The number of hydrogen-bond acceptors (Lipinski definition) is 6. The van der Waals surface area contributed by atoms with E-state index in [2.05, 4.69) is 0 Å². The number of amides is 1. The highest BCUT2D eigenvalue weighted by molar-refractivity contribution is 7.98. The van der Waals surface area contributed by atoms with Crippen molar-refractivity contribution in [1.29, 1.82) is 0 Å². The van der Waals surface area contributed by atoms with Gasteiger partial charge in [-0.1, -0.05) is 42.5 Å². The molecule has 1 aliphatic heterocycles. The van der Waals surface area contributed by atoms with Gasteiger partial charge in [0.25, 0.3) is 0 Å². The van der Waals surface area contributed by atoms with E-state index in [1.165, 1.54) is 13.8 Å². The highest BCUT2D eigenvalue weighted by atomic mass is 32.2. The lowest BCUT2D eigenvalue weighted by Gasteiger charge is -2.21. The van der Waals surface area contributed by atoms with E-state index >= 15 is 0 Å². The van der Waals surface area contributed by atoms with Gasteiger partial charge < -0.3 is 19.5 Å². The number of ketones is 1. The van der Waals surface area contributed by atoms with Gasteiger partial charge in [-0.15, -0.1) is 11.8 Å². The van der Waals surface area contributed by atoms with Crippen molar-refractivity contribution >= 4 is 29.6 Å². The van der Waals surface area contributed by atoms with Crippen molar-refractivity contribution in [3.8, 4) is 11.5 Å². The minimum Gasteiger partial charge on any atom is -0.478 e. The van der Waals surface area contributed by atoms with Crippen molar-refractivity contribution in [1.82, 2.24) is 4.90 Å². The number of aliphatic carboxylic acids is 1. The van der Waals surface area contributed by atoms with Crippen LogP contribution in [0.5, 0.6) is 11.5 Å². The van der Waals surface area contributed by atoms with Crippen LogP contribution in [0.2, 0.25) is 0 Å². The number of aryl methyl sites for hydroxylation is 1. The summed E-state index contributed by atoms with van der Waals surface area (Å²) in [5.74, 6) is -0.446. The number of benzene rings is 3. The predicted octanol–water partition coefficient (Wildman–Crippen LogP) is 6.21. The molecule has 0 radical (unpaired) electrons. The molecule has 7 nitrogen and oxygen atoms in total. The number of carboxylic acid groups (broad SMARTS) is 1. The van der Waals surface area contributed by atoms with Crippen LogP contribution in [0.25, 0.3) is 0 Å². The maximum atomic E-state index is 13.6. The highest BCUT2D eigenvalue weighted by Crippen LogP contribution is 2.32. The van der Waals surface area contributed by atoms with E-state index in [0.29, 0.717) is 43.0 Å². The summed E-state index contributed by atoms with van der Waals surface area (Å²) >= 11 is 1.62. The Bertz CT molecular complexity index is 1290. The van der Waals surface area contributed by atoms with Crippen LogP contribution in [0.3, 0.4) is 0 Å². The summed E-state index contributed by atoms with van der Waals surface area (Å²) in [5.41, 5.74) is 0.352. The second-order valence-corrected chi connectivity index (χ2v) is 11.0. The number of carbonyl (C=O) groups excluding carboxylic acids is 2. The number of Topliss-reactive ketones (excluding diaryl/α,β-unsaturated/α-hetero) is 1. The molecule has 1 amide bonds. The van der Waals surface area contributed by atoms with Crippen molar-refractivity contribution < 1.29 is 29.0 Å². The maximum Gasteiger partial charge on any atom is 0.415 e. The summed E-state index contributed by atoms with van der Waals surface area (Å²) in [5, 5.41) is 9.29. The molecule has 1 N–H and O–H groups in total. The van der Waals surface area contributed by atoms with E-state index in [4.69, 9.17) is 9.47 Å². The minimum absolute atomic E-state index is 0.0299. The number of hydrogen-bond donors (Lipinski definition) is 1. The van der Waals surface area contributed by atoms with Crippen molar-refractivity contribution in [2.75, 3.05) is 19.3 Å². The summed E-state index contributed by atoms with van der Waals surface area (Å²) in [6.45, 7) is 3.74. The molecule has 0 bridgehead atoms. The zero-order chi connectivity index (χ0) is 28.0. The van der Waals surface area contributed by atoms with Gasteiger partial charge in [-0.3, -0.25) is 4.79 Å². The van der Waals surface area contributed by atoms with Crippen LogP contribution in [0, 0.1) is 11.8 Å². The lowest BCUT2D eigenvalue weighted by Crippen LogP contribution is -2.37. The highest BCUT2D eigenvalue weighted by Gasteiger charge is 2.40. The molecule has 4 rings (SSSR count). The number of para-hydroxylation sites is 1. The molecule has 3 aromatic carbocycles. The third-order valence-electron chi connectivity index (χ3n) is 6.97. The first-order valence-corrected chi connectivity index (χ1v) is 14.1. The Morgan fingerprint density at radius 2 is 1.59 bits per heavy atom.